The molecule has 0 aliphatic heterocycles. The Morgan fingerprint density at radius 2 is 1.95 bits per heavy atom. The molecule has 0 spiro atoms. The predicted molar refractivity (Wildman–Crippen MR) is 79.0 cm³/mol. The Kier molecular flexibility index (Phi) is 4.18. The number of nitrogen functional groups attached to an aromatic ring is 1. The molecule has 1 heterocycles. The predicted octanol–water partition coefficient (Wildman–Crippen LogP) is 1.48. The Hall–Kier alpha value is -2.48. The number of nitrogens with zero attached hydrogens (tertiary/aromatic N) is 1. The lowest BCUT2D eigenvalue weighted by Gasteiger charge is -2.13. The summed E-state index contributed by atoms with van der Waals surface area (Å²) in [5.74, 6) is 0.779. The molecule has 0 aliphatic rings. The van der Waals surface area contributed by atoms with Gasteiger partial charge in [0.25, 0.3) is 10.0 Å². The van der Waals surface area contributed by atoms with Gasteiger partial charge in [0.05, 0.1) is 19.9 Å². The van der Waals surface area contributed by atoms with Crippen LogP contribution in [0.2, 0.25) is 0 Å². The van der Waals surface area contributed by atoms with Gasteiger partial charge in [-0.2, -0.15) is 0 Å². The third-order valence-electron chi connectivity index (χ3n) is 2.74. The van der Waals surface area contributed by atoms with Gasteiger partial charge in [0.2, 0.25) is 0 Å². The topological polar surface area (TPSA) is 104 Å². The average molecular weight is 309 g/mol. The Bertz CT molecular complexity index is 747. The zero-order valence-electron chi connectivity index (χ0n) is 11.5. The lowest BCUT2D eigenvalue weighted by atomic mass is 10.3. The fourth-order valence-corrected chi connectivity index (χ4v) is 2.87. The SMILES string of the molecule is COc1ccc(OC)c(NS(=O)(=O)c2cccnc2N)c1. The van der Waals surface area contributed by atoms with Crippen LogP contribution in [0.4, 0.5) is 11.5 Å². The van der Waals surface area contributed by atoms with Crippen molar-refractivity contribution >= 4 is 21.5 Å². The van der Waals surface area contributed by atoms with Gasteiger partial charge in [0.15, 0.2) is 0 Å². The van der Waals surface area contributed by atoms with Crippen molar-refractivity contribution in [2.75, 3.05) is 24.7 Å². The molecule has 3 N–H and O–H groups in total. The maximum Gasteiger partial charge on any atom is 0.265 e. The van der Waals surface area contributed by atoms with Crippen LogP contribution in [0.15, 0.2) is 41.4 Å². The largest absolute Gasteiger partial charge is 0.497 e. The number of hydrogen-bond acceptors (Lipinski definition) is 6. The highest BCUT2D eigenvalue weighted by molar-refractivity contribution is 7.92. The van der Waals surface area contributed by atoms with Gasteiger partial charge in [0, 0.05) is 12.3 Å². The zero-order valence-corrected chi connectivity index (χ0v) is 12.3. The fraction of sp³-hybridized carbons (Fsp3) is 0.154. The second-order valence-electron chi connectivity index (χ2n) is 4.06. The molecule has 0 bridgehead atoms. The highest BCUT2D eigenvalue weighted by Crippen LogP contribution is 2.31. The summed E-state index contributed by atoms with van der Waals surface area (Å²) in [6, 6.07) is 7.65. The average Bonchev–Trinajstić information content (AvgIpc) is 2.47. The van der Waals surface area contributed by atoms with Crippen LogP contribution in [0.1, 0.15) is 0 Å². The summed E-state index contributed by atoms with van der Waals surface area (Å²) in [5.41, 5.74) is 5.85. The molecular weight excluding hydrogens is 294 g/mol. The summed E-state index contributed by atoms with van der Waals surface area (Å²) in [4.78, 5) is 3.66. The smallest absolute Gasteiger partial charge is 0.265 e. The van der Waals surface area contributed by atoms with Crippen LogP contribution in [0.25, 0.3) is 0 Å². The van der Waals surface area contributed by atoms with E-state index in [2.05, 4.69) is 9.71 Å². The number of pyridine rings is 1. The lowest BCUT2D eigenvalue weighted by molar-refractivity contribution is 0.405. The molecule has 0 unspecified atom stereocenters. The highest BCUT2D eigenvalue weighted by Gasteiger charge is 2.20. The Labute approximate surface area is 122 Å². The summed E-state index contributed by atoms with van der Waals surface area (Å²) in [5, 5.41) is 0. The van der Waals surface area contributed by atoms with Crippen molar-refractivity contribution in [2.24, 2.45) is 0 Å². The molecule has 7 nitrogen and oxygen atoms in total. The van der Waals surface area contributed by atoms with Crippen LogP contribution in [-0.2, 0) is 10.0 Å². The molecule has 8 heteroatoms. The van der Waals surface area contributed by atoms with Crippen LogP contribution in [-0.4, -0.2) is 27.6 Å². The van der Waals surface area contributed by atoms with E-state index < -0.39 is 10.0 Å². The van der Waals surface area contributed by atoms with Gasteiger partial charge in [0.1, 0.15) is 22.2 Å². The molecule has 112 valence electrons. The minimum Gasteiger partial charge on any atom is -0.497 e. The summed E-state index contributed by atoms with van der Waals surface area (Å²) >= 11 is 0. The van der Waals surface area contributed by atoms with Crippen molar-refractivity contribution in [2.45, 2.75) is 4.90 Å². The van der Waals surface area contributed by atoms with Gasteiger partial charge in [-0.25, -0.2) is 13.4 Å². The Morgan fingerprint density at radius 1 is 1.19 bits per heavy atom. The summed E-state index contributed by atoms with van der Waals surface area (Å²) in [6.45, 7) is 0. The van der Waals surface area contributed by atoms with E-state index in [1.54, 1.807) is 12.1 Å². The van der Waals surface area contributed by atoms with E-state index in [9.17, 15) is 8.42 Å². The maximum atomic E-state index is 12.4. The summed E-state index contributed by atoms with van der Waals surface area (Å²) in [6.07, 6.45) is 1.42. The van der Waals surface area contributed by atoms with Crippen molar-refractivity contribution in [3.05, 3.63) is 36.5 Å². The number of benzene rings is 1. The third kappa shape index (κ3) is 3.16. The number of ether oxygens (including phenoxy) is 2. The number of sulfonamides is 1. The molecular formula is C13H15N3O4S. The molecule has 0 aliphatic carbocycles. The third-order valence-corrected chi connectivity index (χ3v) is 4.15. The standard InChI is InChI=1S/C13H15N3O4S/c1-19-9-5-6-11(20-2)10(8-9)16-21(17,18)12-4-3-7-15-13(12)14/h3-8,16H,1-2H3,(H2,14,15). The van der Waals surface area contributed by atoms with Gasteiger partial charge in [-0.1, -0.05) is 0 Å². The lowest BCUT2D eigenvalue weighted by Crippen LogP contribution is -2.16. The number of rotatable bonds is 5. The zero-order chi connectivity index (χ0) is 15.5. The molecule has 0 radical (unpaired) electrons. The molecule has 0 fully saturated rings. The van der Waals surface area contributed by atoms with Crippen molar-refractivity contribution in [3.63, 3.8) is 0 Å². The van der Waals surface area contributed by atoms with Crippen molar-refractivity contribution in [1.82, 2.24) is 4.98 Å². The van der Waals surface area contributed by atoms with Crippen LogP contribution < -0.4 is 19.9 Å². The van der Waals surface area contributed by atoms with Gasteiger partial charge >= 0.3 is 0 Å². The quantitative estimate of drug-likeness (QED) is 0.867. The first-order valence-corrected chi connectivity index (χ1v) is 7.41. The van der Waals surface area contributed by atoms with Crippen molar-refractivity contribution in [3.8, 4) is 11.5 Å². The van der Waals surface area contributed by atoms with Crippen molar-refractivity contribution < 1.29 is 17.9 Å². The second-order valence-corrected chi connectivity index (χ2v) is 5.71. The molecule has 0 saturated carbocycles. The van der Waals surface area contributed by atoms with Gasteiger partial charge < -0.3 is 15.2 Å². The van der Waals surface area contributed by atoms with Crippen LogP contribution in [0.5, 0.6) is 11.5 Å². The van der Waals surface area contributed by atoms with Gasteiger partial charge in [-0.15, -0.1) is 0 Å². The minimum absolute atomic E-state index is 0.0770. The number of methoxy groups -OCH3 is 2. The maximum absolute atomic E-state index is 12.4. The first kappa shape index (κ1) is 14.9. The normalized spacial score (nSPS) is 11.0. The fourth-order valence-electron chi connectivity index (χ4n) is 1.72. The van der Waals surface area contributed by atoms with Crippen LogP contribution >= 0.6 is 0 Å². The monoisotopic (exact) mass is 309 g/mol. The van der Waals surface area contributed by atoms with E-state index in [4.69, 9.17) is 15.2 Å². The van der Waals surface area contributed by atoms with E-state index in [1.807, 2.05) is 0 Å². The van der Waals surface area contributed by atoms with Gasteiger partial charge in [-0.05, 0) is 24.3 Å². The van der Waals surface area contributed by atoms with Crippen molar-refractivity contribution in [1.29, 1.82) is 0 Å². The van der Waals surface area contributed by atoms with Crippen LogP contribution in [0, 0.1) is 0 Å². The number of nitrogens with two attached hydrogens (primary N) is 1. The molecule has 21 heavy (non-hydrogen) atoms. The first-order valence-electron chi connectivity index (χ1n) is 5.93. The summed E-state index contributed by atoms with van der Waals surface area (Å²) in [7, 11) is -0.947. The number of nitrogens with one attached hydrogen (secondary N) is 1. The molecule has 1 aromatic heterocycles. The minimum atomic E-state index is -3.87. The van der Waals surface area contributed by atoms with E-state index in [0.717, 1.165) is 0 Å². The van der Waals surface area contributed by atoms with E-state index in [0.29, 0.717) is 11.5 Å². The molecule has 0 saturated heterocycles. The van der Waals surface area contributed by atoms with Crippen LogP contribution in [0.3, 0.4) is 0 Å². The molecule has 1 aromatic carbocycles. The van der Waals surface area contributed by atoms with E-state index >= 15 is 0 Å². The summed E-state index contributed by atoms with van der Waals surface area (Å²) < 4.78 is 37.3. The number of aromatic nitrogens is 1. The van der Waals surface area contributed by atoms with Gasteiger partial charge in [-0.3, -0.25) is 4.72 Å². The van der Waals surface area contributed by atoms with E-state index in [1.165, 1.54) is 38.6 Å². The highest BCUT2D eigenvalue weighted by atomic mass is 32.2. The Morgan fingerprint density at radius 3 is 2.57 bits per heavy atom. The number of anilines is 2. The molecule has 2 rings (SSSR count). The number of hydrogen-bond donors (Lipinski definition) is 2. The second kappa shape index (κ2) is 5.88. The first-order chi connectivity index (χ1) is 9.97. The molecule has 0 amide bonds. The molecule has 0 atom stereocenters. The molecule has 2 aromatic rings. The Balaban J connectivity index is 2.43. The van der Waals surface area contributed by atoms with E-state index in [-0.39, 0.29) is 16.4 Å².